The first-order valence-electron chi connectivity index (χ1n) is 8.35. The lowest BCUT2D eigenvalue weighted by Gasteiger charge is -2.37. The molecule has 2 aliphatic rings. The number of esters is 1. The van der Waals surface area contributed by atoms with Gasteiger partial charge < -0.3 is 19.7 Å². The minimum absolute atomic E-state index is 0.0820. The van der Waals surface area contributed by atoms with Gasteiger partial charge in [0.25, 0.3) is 0 Å². The number of ether oxygens (including phenoxy) is 2. The fourth-order valence-corrected chi connectivity index (χ4v) is 3.46. The van der Waals surface area contributed by atoms with Gasteiger partial charge in [0.2, 0.25) is 0 Å². The molecule has 8 heteroatoms. The van der Waals surface area contributed by atoms with E-state index in [1.807, 2.05) is 4.90 Å². The Morgan fingerprint density at radius 3 is 2.69 bits per heavy atom. The predicted octanol–water partition coefficient (Wildman–Crippen LogP) is 2.82. The maximum atomic E-state index is 14.4. The highest BCUT2D eigenvalue weighted by atomic mass is 32.1. The maximum Gasteiger partial charge on any atom is 0.338 e. The molecule has 1 aromatic carbocycles. The smallest absolute Gasteiger partial charge is 0.338 e. The molecule has 3 rings (SSSR count). The largest absolute Gasteiger partial charge is 0.460 e. The van der Waals surface area contributed by atoms with Crippen molar-refractivity contribution in [2.75, 3.05) is 20.3 Å². The van der Waals surface area contributed by atoms with E-state index < -0.39 is 23.6 Å². The second kappa shape index (κ2) is 7.67. The van der Waals surface area contributed by atoms with Crippen molar-refractivity contribution in [2.45, 2.75) is 31.8 Å². The molecular formula is C18H20F2N2O3S. The van der Waals surface area contributed by atoms with Crippen LogP contribution in [0.3, 0.4) is 0 Å². The average Bonchev–Trinajstić information content (AvgIpc) is 3.39. The Bertz CT molecular complexity index is 765. The number of thiocarbonyl (C=S) groups is 1. The zero-order chi connectivity index (χ0) is 18.8. The molecule has 1 aromatic rings. The van der Waals surface area contributed by atoms with Crippen molar-refractivity contribution < 1.29 is 23.0 Å². The van der Waals surface area contributed by atoms with E-state index in [-0.39, 0.29) is 30.4 Å². The third kappa shape index (κ3) is 3.71. The summed E-state index contributed by atoms with van der Waals surface area (Å²) in [6, 6.07) is 2.65. The summed E-state index contributed by atoms with van der Waals surface area (Å²) < 4.78 is 37.8. The van der Waals surface area contributed by atoms with Crippen molar-refractivity contribution in [2.24, 2.45) is 0 Å². The molecule has 1 N–H and O–H groups in total. The number of nitrogens with one attached hydrogen (secondary N) is 1. The van der Waals surface area contributed by atoms with Crippen LogP contribution in [-0.2, 0) is 14.3 Å². The van der Waals surface area contributed by atoms with Crippen LogP contribution in [0.4, 0.5) is 8.78 Å². The summed E-state index contributed by atoms with van der Waals surface area (Å²) in [4.78, 5) is 14.6. The van der Waals surface area contributed by atoms with Crippen LogP contribution >= 0.6 is 12.2 Å². The molecule has 1 saturated carbocycles. The lowest BCUT2D eigenvalue weighted by atomic mass is 9.94. The van der Waals surface area contributed by atoms with E-state index in [9.17, 15) is 13.6 Å². The molecule has 0 radical (unpaired) electrons. The van der Waals surface area contributed by atoms with Crippen LogP contribution in [0.1, 0.15) is 31.4 Å². The lowest BCUT2D eigenvalue weighted by Crippen LogP contribution is -2.49. The molecule has 0 amide bonds. The van der Waals surface area contributed by atoms with Gasteiger partial charge in [-0.05, 0) is 38.0 Å². The monoisotopic (exact) mass is 382 g/mol. The average molecular weight is 382 g/mol. The normalized spacial score (nSPS) is 20.2. The van der Waals surface area contributed by atoms with E-state index in [2.05, 4.69) is 5.32 Å². The first-order valence-corrected chi connectivity index (χ1v) is 8.76. The Kier molecular flexibility index (Phi) is 5.52. The van der Waals surface area contributed by atoms with E-state index in [0.29, 0.717) is 10.8 Å². The Balaban J connectivity index is 2.00. The summed E-state index contributed by atoms with van der Waals surface area (Å²) in [6.07, 6.45) is 1.95. The zero-order valence-electron chi connectivity index (χ0n) is 14.6. The molecule has 0 aromatic heterocycles. The van der Waals surface area contributed by atoms with Crippen LogP contribution in [-0.4, -0.2) is 42.3 Å². The first-order chi connectivity index (χ1) is 12.4. The Morgan fingerprint density at radius 1 is 1.35 bits per heavy atom. The van der Waals surface area contributed by atoms with Gasteiger partial charge in [0.05, 0.1) is 18.2 Å². The number of benzene rings is 1. The van der Waals surface area contributed by atoms with Crippen molar-refractivity contribution >= 4 is 23.3 Å². The summed E-state index contributed by atoms with van der Waals surface area (Å²) >= 11 is 5.42. The number of carbonyl (C=O) groups excluding carboxylic acids is 1. The highest BCUT2D eigenvalue weighted by molar-refractivity contribution is 7.80. The molecule has 1 unspecified atom stereocenters. The van der Waals surface area contributed by atoms with E-state index in [4.69, 9.17) is 21.7 Å². The molecule has 1 aliphatic heterocycles. The number of carbonyl (C=O) groups is 1. The van der Waals surface area contributed by atoms with Crippen molar-refractivity contribution in [1.82, 2.24) is 10.2 Å². The van der Waals surface area contributed by atoms with E-state index in [1.165, 1.54) is 13.2 Å². The van der Waals surface area contributed by atoms with Gasteiger partial charge in [-0.3, -0.25) is 0 Å². The summed E-state index contributed by atoms with van der Waals surface area (Å²) in [5, 5.41) is 3.44. The van der Waals surface area contributed by atoms with Crippen LogP contribution in [0.25, 0.3) is 0 Å². The Labute approximate surface area is 155 Å². The number of rotatable bonds is 6. The second-order valence-electron chi connectivity index (χ2n) is 6.28. The van der Waals surface area contributed by atoms with E-state index >= 15 is 0 Å². The van der Waals surface area contributed by atoms with Crippen molar-refractivity contribution in [3.63, 3.8) is 0 Å². The molecule has 140 valence electrons. The van der Waals surface area contributed by atoms with E-state index in [1.54, 1.807) is 6.92 Å². The van der Waals surface area contributed by atoms with Gasteiger partial charge >= 0.3 is 5.97 Å². The molecule has 0 spiro atoms. The number of nitrogens with zero attached hydrogens (tertiary/aromatic N) is 1. The molecule has 26 heavy (non-hydrogen) atoms. The summed E-state index contributed by atoms with van der Waals surface area (Å²) in [7, 11) is 1.50. The molecule has 1 atom stereocenters. The lowest BCUT2D eigenvalue weighted by molar-refractivity contribution is -0.140. The third-order valence-electron chi connectivity index (χ3n) is 4.45. The second-order valence-corrected chi connectivity index (χ2v) is 6.66. The van der Waals surface area contributed by atoms with E-state index in [0.717, 1.165) is 25.0 Å². The number of hydrogen-bond donors (Lipinski definition) is 1. The highest BCUT2D eigenvalue weighted by Crippen LogP contribution is 2.38. The van der Waals surface area contributed by atoms with Crippen LogP contribution in [0.5, 0.6) is 0 Å². The van der Waals surface area contributed by atoms with Crippen molar-refractivity contribution in [3.8, 4) is 0 Å². The minimum Gasteiger partial charge on any atom is -0.460 e. The molecule has 1 heterocycles. The molecule has 1 aliphatic carbocycles. The maximum absolute atomic E-state index is 14.4. The number of halogens is 2. The molecule has 5 nitrogen and oxygen atoms in total. The van der Waals surface area contributed by atoms with Crippen LogP contribution < -0.4 is 5.32 Å². The SMILES string of the molecule is COCCOC(=O)C1=C(C)N(C2CC2)C(=S)NC1c1ccc(F)cc1F. The van der Waals surface area contributed by atoms with Gasteiger partial charge in [-0.1, -0.05) is 6.07 Å². The molecule has 0 bridgehead atoms. The van der Waals surface area contributed by atoms with Crippen molar-refractivity contribution in [3.05, 3.63) is 46.7 Å². The van der Waals surface area contributed by atoms with Crippen molar-refractivity contribution in [1.29, 1.82) is 0 Å². The molecule has 0 saturated heterocycles. The summed E-state index contributed by atoms with van der Waals surface area (Å²) in [5.74, 6) is -2.01. The topological polar surface area (TPSA) is 50.8 Å². The van der Waals surface area contributed by atoms with Crippen LogP contribution in [0.2, 0.25) is 0 Å². The number of methoxy groups -OCH3 is 1. The Morgan fingerprint density at radius 2 is 2.08 bits per heavy atom. The predicted molar refractivity (Wildman–Crippen MR) is 95.2 cm³/mol. The van der Waals surface area contributed by atoms with Crippen LogP contribution in [0, 0.1) is 11.6 Å². The van der Waals surface area contributed by atoms with Gasteiger partial charge in [-0.25, -0.2) is 13.6 Å². The van der Waals surface area contributed by atoms with Crippen LogP contribution in [0.15, 0.2) is 29.5 Å². The Hall–Kier alpha value is -2.06. The standard InChI is InChI=1S/C18H20F2N2O3S/c1-10-15(17(23)25-8-7-24-2)16(13-6-3-11(19)9-14(13)20)21-18(26)22(10)12-4-5-12/h3,6,9,12,16H,4-5,7-8H2,1-2H3,(H,21,26). The zero-order valence-corrected chi connectivity index (χ0v) is 15.4. The summed E-state index contributed by atoms with van der Waals surface area (Å²) in [6.45, 7) is 2.11. The highest BCUT2D eigenvalue weighted by Gasteiger charge is 2.41. The van der Waals surface area contributed by atoms with Gasteiger partial charge in [-0.2, -0.15) is 0 Å². The van der Waals surface area contributed by atoms with Gasteiger partial charge in [-0.15, -0.1) is 0 Å². The van der Waals surface area contributed by atoms with Gasteiger partial charge in [0, 0.05) is 30.5 Å². The van der Waals surface area contributed by atoms with Gasteiger partial charge in [0.1, 0.15) is 18.2 Å². The molecule has 1 fully saturated rings. The number of allylic oxidation sites excluding steroid dienone is 1. The summed E-state index contributed by atoms with van der Waals surface area (Å²) in [5.41, 5.74) is 1.04. The quantitative estimate of drug-likeness (QED) is 0.464. The third-order valence-corrected chi connectivity index (χ3v) is 4.77. The van der Waals surface area contributed by atoms with Gasteiger partial charge in [0.15, 0.2) is 5.11 Å². The number of hydrogen-bond acceptors (Lipinski definition) is 4. The first kappa shape index (κ1) is 18.7. The fourth-order valence-electron chi connectivity index (χ4n) is 3.06. The minimum atomic E-state index is -0.840. The molecular weight excluding hydrogens is 362 g/mol. The fraction of sp³-hybridized carbons (Fsp3) is 0.444.